The monoisotopic (exact) mass is 335 g/mol. The average molecular weight is 335 g/mol. The van der Waals surface area contributed by atoms with E-state index in [0.717, 1.165) is 49.1 Å². The summed E-state index contributed by atoms with van der Waals surface area (Å²) >= 11 is 0. The van der Waals surface area contributed by atoms with Crippen LogP contribution in [0, 0.1) is 25.7 Å². The zero-order valence-corrected chi connectivity index (χ0v) is 15.1. The van der Waals surface area contributed by atoms with Crippen LogP contribution in [0.5, 0.6) is 0 Å². The first-order valence-corrected chi connectivity index (χ1v) is 8.82. The summed E-state index contributed by atoms with van der Waals surface area (Å²) in [6.07, 6.45) is 5.41. The van der Waals surface area contributed by atoms with Crippen molar-refractivity contribution in [1.82, 2.24) is 15.5 Å². The van der Waals surface area contributed by atoms with E-state index in [2.05, 4.69) is 15.5 Å². The summed E-state index contributed by atoms with van der Waals surface area (Å²) in [5.74, 6) is -0.611. The van der Waals surface area contributed by atoms with E-state index in [-0.39, 0.29) is 29.8 Å². The van der Waals surface area contributed by atoms with Crippen LogP contribution in [-0.2, 0) is 20.7 Å². The second-order valence-corrected chi connectivity index (χ2v) is 6.90. The Kier molecular flexibility index (Phi) is 6.40. The summed E-state index contributed by atoms with van der Waals surface area (Å²) in [6, 6.07) is -0.124. The molecule has 0 bridgehead atoms. The Morgan fingerprint density at radius 2 is 2.00 bits per heavy atom. The van der Waals surface area contributed by atoms with Crippen LogP contribution < -0.4 is 5.32 Å². The van der Waals surface area contributed by atoms with Crippen LogP contribution in [-0.4, -0.2) is 35.2 Å². The van der Waals surface area contributed by atoms with Gasteiger partial charge in [-0.05, 0) is 38.7 Å². The number of amides is 1. The summed E-state index contributed by atoms with van der Waals surface area (Å²) in [5.41, 5.74) is 3.05. The third-order valence-corrected chi connectivity index (χ3v) is 5.09. The van der Waals surface area contributed by atoms with Crippen molar-refractivity contribution < 1.29 is 14.3 Å². The van der Waals surface area contributed by atoms with Gasteiger partial charge in [-0.25, -0.2) is 0 Å². The fourth-order valence-corrected chi connectivity index (χ4v) is 3.51. The van der Waals surface area contributed by atoms with Gasteiger partial charge in [-0.15, -0.1) is 0 Å². The number of hydrogen-bond donors (Lipinski definition) is 2. The minimum atomic E-state index is -0.231. The molecular weight excluding hydrogens is 306 g/mol. The first-order chi connectivity index (χ1) is 11.4. The molecule has 0 saturated heterocycles. The van der Waals surface area contributed by atoms with Gasteiger partial charge in [0, 0.05) is 17.7 Å². The number of hydrogen-bond acceptors (Lipinski definition) is 4. The molecular formula is C18H29N3O3. The van der Waals surface area contributed by atoms with Crippen LogP contribution in [0.25, 0.3) is 0 Å². The number of ether oxygens (including phenoxy) is 1. The highest BCUT2D eigenvalue weighted by molar-refractivity contribution is 5.80. The molecule has 1 aliphatic carbocycles. The second kappa shape index (κ2) is 8.31. The molecule has 0 radical (unpaired) electrons. The highest BCUT2D eigenvalue weighted by atomic mass is 16.5. The minimum Gasteiger partial charge on any atom is -0.469 e. The van der Waals surface area contributed by atoms with E-state index in [1.165, 1.54) is 7.11 Å². The van der Waals surface area contributed by atoms with Gasteiger partial charge in [-0.1, -0.05) is 26.2 Å². The first-order valence-electron chi connectivity index (χ1n) is 8.82. The molecule has 3 atom stereocenters. The summed E-state index contributed by atoms with van der Waals surface area (Å²) in [4.78, 5) is 24.7. The number of nitrogens with zero attached hydrogens (tertiary/aromatic N) is 1. The lowest BCUT2D eigenvalue weighted by Gasteiger charge is -2.25. The number of esters is 1. The molecule has 1 saturated carbocycles. The van der Waals surface area contributed by atoms with Gasteiger partial charge in [0.05, 0.1) is 18.7 Å². The standard InChI is InChI=1S/C18H29N3O3/c1-11(10-15-12(2)20-21-13(15)3)17(22)19-16-9-7-5-6-8-14(16)18(23)24-4/h11,14,16H,5-10H2,1-4H3,(H,19,22)(H,20,21)/t11-,14+,16+/m0/s1. The molecule has 2 rings (SSSR count). The quantitative estimate of drug-likeness (QED) is 0.639. The molecule has 0 aliphatic heterocycles. The number of nitrogens with one attached hydrogen (secondary N) is 2. The van der Waals surface area contributed by atoms with E-state index in [0.29, 0.717) is 6.42 Å². The predicted molar refractivity (Wildman–Crippen MR) is 91.5 cm³/mol. The Balaban J connectivity index is 2.01. The van der Waals surface area contributed by atoms with Crippen LogP contribution in [0.4, 0.5) is 0 Å². The van der Waals surface area contributed by atoms with Gasteiger partial charge in [0.25, 0.3) is 0 Å². The van der Waals surface area contributed by atoms with Crippen molar-refractivity contribution in [3.63, 3.8) is 0 Å². The summed E-state index contributed by atoms with van der Waals surface area (Å²) in [5, 5.41) is 10.2. The lowest BCUT2D eigenvalue weighted by Crippen LogP contribution is -2.45. The van der Waals surface area contributed by atoms with E-state index in [1.807, 2.05) is 20.8 Å². The van der Waals surface area contributed by atoms with Crippen LogP contribution in [0.3, 0.4) is 0 Å². The van der Waals surface area contributed by atoms with Crippen LogP contribution in [0.15, 0.2) is 0 Å². The lowest BCUT2D eigenvalue weighted by molar-refractivity contribution is -0.147. The van der Waals surface area contributed by atoms with Crippen LogP contribution in [0.2, 0.25) is 0 Å². The summed E-state index contributed by atoms with van der Waals surface area (Å²) in [6.45, 7) is 5.84. The highest BCUT2D eigenvalue weighted by Gasteiger charge is 2.32. The number of aryl methyl sites for hydroxylation is 2. The molecule has 1 heterocycles. The maximum Gasteiger partial charge on any atom is 0.310 e. The van der Waals surface area contributed by atoms with E-state index in [1.54, 1.807) is 0 Å². The molecule has 1 aromatic rings. The number of rotatable bonds is 5. The number of aromatic amines is 1. The Morgan fingerprint density at radius 1 is 1.29 bits per heavy atom. The van der Waals surface area contributed by atoms with E-state index < -0.39 is 0 Å². The molecule has 1 aromatic heterocycles. The first kappa shape index (κ1) is 18.5. The molecule has 134 valence electrons. The van der Waals surface area contributed by atoms with Gasteiger partial charge in [-0.2, -0.15) is 5.10 Å². The van der Waals surface area contributed by atoms with E-state index in [4.69, 9.17) is 4.74 Å². The number of carbonyl (C=O) groups is 2. The summed E-state index contributed by atoms with van der Waals surface area (Å²) in [7, 11) is 1.42. The number of carbonyl (C=O) groups excluding carboxylic acids is 2. The van der Waals surface area contributed by atoms with E-state index in [9.17, 15) is 9.59 Å². The van der Waals surface area contributed by atoms with Crippen molar-refractivity contribution in [1.29, 1.82) is 0 Å². The predicted octanol–water partition coefficient (Wildman–Crippen LogP) is 2.44. The Morgan fingerprint density at radius 3 is 2.62 bits per heavy atom. The van der Waals surface area contributed by atoms with Gasteiger partial charge in [0.1, 0.15) is 0 Å². The number of methoxy groups -OCH3 is 1. The van der Waals surface area contributed by atoms with E-state index >= 15 is 0 Å². The highest BCUT2D eigenvalue weighted by Crippen LogP contribution is 2.25. The molecule has 2 N–H and O–H groups in total. The maximum atomic E-state index is 12.6. The topological polar surface area (TPSA) is 84.1 Å². The Hall–Kier alpha value is -1.85. The third-order valence-electron chi connectivity index (χ3n) is 5.09. The smallest absolute Gasteiger partial charge is 0.310 e. The number of H-pyrrole nitrogens is 1. The average Bonchev–Trinajstić information content (AvgIpc) is 2.77. The van der Waals surface area contributed by atoms with Gasteiger partial charge < -0.3 is 10.1 Å². The third kappa shape index (κ3) is 4.36. The molecule has 0 aromatic carbocycles. The SMILES string of the molecule is COC(=O)[C@@H]1CCCCC[C@H]1NC(=O)[C@@H](C)Cc1c(C)n[nH]c1C. The molecule has 24 heavy (non-hydrogen) atoms. The molecule has 6 nitrogen and oxygen atoms in total. The van der Waals surface area contributed by atoms with Crippen molar-refractivity contribution in [3.8, 4) is 0 Å². The van der Waals surface area contributed by atoms with Crippen LogP contribution >= 0.6 is 0 Å². The fourth-order valence-electron chi connectivity index (χ4n) is 3.51. The largest absolute Gasteiger partial charge is 0.469 e. The van der Waals surface area contributed by atoms with Gasteiger partial charge >= 0.3 is 5.97 Å². The molecule has 1 fully saturated rings. The Bertz CT molecular complexity index is 563. The molecule has 6 heteroatoms. The van der Waals surface area contributed by atoms with Crippen molar-refractivity contribution in [2.24, 2.45) is 11.8 Å². The van der Waals surface area contributed by atoms with Gasteiger partial charge in [0.2, 0.25) is 5.91 Å². The van der Waals surface area contributed by atoms with Gasteiger partial charge in [0.15, 0.2) is 0 Å². The van der Waals surface area contributed by atoms with Crippen molar-refractivity contribution in [2.75, 3.05) is 7.11 Å². The summed E-state index contributed by atoms with van der Waals surface area (Å²) < 4.78 is 4.93. The fraction of sp³-hybridized carbons (Fsp3) is 0.722. The van der Waals surface area contributed by atoms with Gasteiger partial charge in [-0.3, -0.25) is 14.7 Å². The lowest BCUT2D eigenvalue weighted by atomic mass is 9.93. The second-order valence-electron chi connectivity index (χ2n) is 6.90. The Labute approximate surface area is 143 Å². The number of aromatic nitrogens is 2. The molecule has 0 unspecified atom stereocenters. The van der Waals surface area contributed by atoms with Crippen molar-refractivity contribution in [2.45, 2.75) is 65.3 Å². The molecule has 0 spiro atoms. The molecule has 1 amide bonds. The minimum absolute atomic E-state index is 0.00389. The zero-order chi connectivity index (χ0) is 17.7. The normalized spacial score (nSPS) is 22.5. The van der Waals surface area contributed by atoms with Crippen molar-refractivity contribution in [3.05, 3.63) is 17.0 Å². The zero-order valence-electron chi connectivity index (χ0n) is 15.1. The molecule has 1 aliphatic rings. The van der Waals surface area contributed by atoms with Crippen molar-refractivity contribution >= 4 is 11.9 Å². The maximum absolute atomic E-state index is 12.6. The van der Waals surface area contributed by atoms with Crippen LogP contribution in [0.1, 0.15) is 56.0 Å².